The van der Waals surface area contributed by atoms with E-state index in [9.17, 15) is 0 Å². The minimum Gasteiger partial charge on any atom is -0.497 e. The standard InChI is InChI=1S/C13H16N2OS/c1-3-14-8-12-9-15-13(17-12)10-5-4-6-11(7-10)16-2/h4-7,9,14H,3,8H2,1-2H3. The minimum absolute atomic E-state index is 0.867. The Bertz CT molecular complexity index is 482. The molecular weight excluding hydrogens is 232 g/mol. The third-order valence-electron chi connectivity index (χ3n) is 2.42. The number of hydrogen-bond acceptors (Lipinski definition) is 4. The molecular formula is C13H16N2OS. The maximum Gasteiger partial charge on any atom is 0.123 e. The van der Waals surface area contributed by atoms with Crippen LogP contribution in [0.1, 0.15) is 11.8 Å². The van der Waals surface area contributed by atoms with Crippen molar-refractivity contribution in [1.29, 1.82) is 0 Å². The van der Waals surface area contributed by atoms with Gasteiger partial charge in [-0.3, -0.25) is 0 Å². The maximum absolute atomic E-state index is 5.21. The Morgan fingerprint density at radius 2 is 2.29 bits per heavy atom. The van der Waals surface area contributed by atoms with Gasteiger partial charge in [-0.15, -0.1) is 11.3 Å². The number of nitrogens with zero attached hydrogens (tertiary/aromatic N) is 1. The van der Waals surface area contributed by atoms with Gasteiger partial charge in [0, 0.05) is 23.2 Å². The number of benzene rings is 1. The summed E-state index contributed by atoms with van der Waals surface area (Å²) in [6.07, 6.45) is 1.93. The Hall–Kier alpha value is -1.39. The molecule has 17 heavy (non-hydrogen) atoms. The van der Waals surface area contributed by atoms with Crippen molar-refractivity contribution in [2.45, 2.75) is 13.5 Å². The number of methoxy groups -OCH3 is 1. The fraction of sp³-hybridized carbons (Fsp3) is 0.308. The van der Waals surface area contributed by atoms with Crippen molar-refractivity contribution in [3.8, 4) is 16.3 Å². The number of thiazole rings is 1. The summed E-state index contributed by atoms with van der Waals surface area (Å²) in [6, 6.07) is 7.99. The van der Waals surface area contributed by atoms with Gasteiger partial charge in [-0.2, -0.15) is 0 Å². The van der Waals surface area contributed by atoms with Crippen LogP contribution in [0.4, 0.5) is 0 Å². The van der Waals surface area contributed by atoms with E-state index in [1.165, 1.54) is 4.88 Å². The molecule has 0 aliphatic heterocycles. The van der Waals surface area contributed by atoms with Crippen molar-refractivity contribution in [3.63, 3.8) is 0 Å². The second-order valence-corrected chi connectivity index (χ2v) is 4.76. The molecule has 0 fully saturated rings. The fourth-order valence-corrected chi connectivity index (χ4v) is 2.41. The van der Waals surface area contributed by atoms with Crippen LogP contribution in [-0.2, 0) is 6.54 Å². The summed E-state index contributed by atoms with van der Waals surface area (Å²) in [4.78, 5) is 5.69. The van der Waals surface area contributed by atoms with Crippen molar-refractivity contribution >= 4 is 11.3 Å². The molecule has 4 heteroatoms. The zero-order valence-electron chi connectivity index (χ0n) is 10.1. The molecule has 0 amide bonds. The van der Waals surface area contributed by atoms with Gasteiger partial charge in [-0.05, 0) is 18.7 Å². The molecule has 90 valence electrons. The van der Waals surface area contributed by atoms with Crippen LogP contribution in [-0.4, -0.2) is 18.6 Å². The molecule has 1 aromatic heterocycles. The first-order valence-corrected chi connectivity index (χ1v) is 6.45. The van der Waals surface area contributed by atoms with E-state index in [0.717, 1.165) is 29.4 Å². The lowest BCUT2D eigenvalue weighted by atomic mass is 10.2. The molecule has 0 spiro atoms. The van der Waals surface area contributed by atoms with E-state index in [-0.39, 0.29) is 0 Å². The van der Waals surface area contributed by atoms with Crippen LogP contribution in [0.15, 0.2) is 30.5 Å². The van der Waals surface area contributed by atoms with Crippen molar-refractivity contribution in [2.75, 3.05) is 13.7 Å². The lowest BCUT2D eigenvalue weighted by Crippen LogP contribution is -2.10. The number of aromatic nitrogens is 1. The lowest BCUT2D eigenvalue weighted by Gasteiger charge is -2.01. The van der Waals surface area contributed by atoms with Crippen LogP contribution in [0.2, 0.25) is 0 Å². The van der Waals surface area contributed by atoms with Gasteiger partial charge < -0.3 is 10.1 Å². The Morgan fingerprint density at radius 3 is 3.06 bits per heavy atom. The summed E-state index contributed by atoms with van der Waals surface area (Å²) in [7, 11) is 1.68. The predicted molar refractivity (Wildman–Crippen MR) is 71.5 cm³/mol. The minimum atomic E-state index is 0.867. The zero-order valence-corrected chi connectivity index (χ0v) is 10.9. The quantitative estimate of drug-likeness (QED) is 0.883. The van der Waals surface area contributed by atoms with E-state index in [1.807, 2.05) is 24.4 Å². The second-order valence-electron chi connectivity index (χ2n) is 3.64. The monoisotopic (exact) mass is 248 g/mol. The van der Waals surface area contributed by atoms with Crippen LogP contribution in [0.25, 0.3) is 10.6 Å². The molecule has 0 radical (unpaired) electrons. The largest absolute Gasteiger partial charge is 0.497 e. The van der Waals surface area contributed by atoms with E-state index >= 15 is 0 Å². The Labute approximate surface area is 105 Å². The molecule has 2 aromatic rings. The first-order valence-electron chi connectivity index (χ1n) is 5.63. The van der Waals surface area contributed by atoms with Gasteiger partial charge in [0.15, 0.2) is 0 Å². The highest BCUT2D eigenvalue weighted by atomic mass is 32.1. The lowest BCUT2D eigenvalue weighted by molar-refractivity contribution is 0.415. The van der Waals surface area contributed by atoms with Crippen LogP contribution >= 0.6 is 11.3 Å². The molecule has 0 aliphatic rings. The Balaban J connectivity index is 2.18. The highest BCUT2D eigenvalue weighted by Crippen LogP contribution is 2.27. The van der Waals surface area contributed by atoms with Gasteiger partial charge in [0.2, 0.25) is 0 Å². The van der Waals surface area contributed by atoms with E-state index in [0.29, 0.717) is 0 Å². The molecule has 0 saturated heterocycles. The highest BCUT2D eigenvalue weighted by molar-refractivity contribution is 7.15. The van der Waals surface area contributed by atoms with E-state index in [2.05, 4.69) is 23.3 Å². The molecule has 1 aromatic carbocycles. The fourth-order valence-electron chi connectivity index (χ4n) is 1.53. The van der Waals surface area contributed by atoms with Crippen LogP contribution in [0.3, 0.4) is 0 Å². The molecule has 2 rings (SSSR count). The molecule has 0 unspecified atom stereocenters. The van der Waals surface area contributed by atoms with Crippen LogP contribution in [0, 0.1) is 0 Å². The molecule has 1 heterocycles. The number of rotatable bonds is 5. The summed E-state index contributed by atoms with van der Waals surface area (Å²) in [5.41, 5.74) is 1.11. The normalized spacial score (nSPS) is 10.5. The molecule has 0 saturated carbocycles. The molecule has 1 N–H and O–H groups in total. The molecule has 3 nitrogen and oxygen atoms in total. The summed E-state index contributed by atoms with van der Waals surface area (Å²) >= 11 is 1.72. The van der Waals surface area contributed by atoms with Gasteiger partial charge in [0.05, 0.1) is 7.11 Å². The topological polar surface area (TPSA) is 34.2 Å². The van der Waals surface area contributed by atoms with Crippen molar-refractivity contribution < 1.29 is 4.74 Å². The van der Waals surface area contributed by atoms with E-state index in [4.69, 9.17) is 4.74 Å². The highest BCUT2D eigenvalue weighted by Gasteiger charge is 2.05. The maximum atomic E-state index is 5.21. The number of ether oxygens (including phenoxy) is 1. The first kappa shape index (κ1) is 12.1. The predicted octanol–water partition coefficient (Wildman–Crippen LogP) is 2.93. The van der Waals surface area contributed by atoms with Gasteiger partial charge in [-0.25, -0.2) is 4.98 Å². The summed E-state index contributed by atoms with van der Waals surface area (Å²) in [5, 5.41) is 4.34. The number of hydrogen-bond donors (Lipinski definition) is 1. The van der Waals surface area contributed by atoms with Crippen molar-refractivity contribution in [2.24, 2.45) is 0 Å². The summed E-state index contributed by atoms with van der Waals surface area (Å²) < 4.78 is 5.21. The summed E-state index contributed by atoms with van der Waals surface area (Å²) in [6.45, 7) is 3.97. The SMILES string of the molecule is CCNCc1cnc(-c2cccc(OC)c2)s1. The van der Waals surface area contributed by atoms with Gasteiger partial charge >= 0.3 is 0 Å². The molecule has 0 bridgehead atoms. The average Bonchev–Trinajstić information content (AvgIpc) is 2.85. The third kappa shape index (κ3) is 3.05. The van der Waals surface area contributed by atoms with Crippen LogP contribution in [0.5, 0.6) is 5.75 Å². The first-order chi connectivity index (χ1) is 8.33. The second kappa shape index (κ2) is 5.80. The van der Waals surface area contributed by atoms with E-state index in [1.54, 1.807) is 18.4 Å². The Kier molecular flexibility index (Phi) is 4.12. The third-order valence-corrected chi connectivity index (χ3v) is 3.47. The molecule has 0 atom stereocenters. The van der Waals surface area contributed by atoms with E-state index < -0.39 is 0 Å². The average molecular weight is 248 g/mol. The molecule has 0 aliphatic carbocycles. The summed E-state index contributed by atoms with van der Waals surface area (Å²) in [5.74, 6) is 0.867. The van der Waals surface area contributed by atoms with Crippen molar-refractivity contribution in [1.82, 2.24) is 10.3 Å². The van der Waals surface area contributed by atoms with Gasteiger partial charge in [-0.1, -0.05) is 19.1 Å². The van der Waals surface area contributed by atoms with Crippen molar-refractivity contribution in [3.05, 3.63) is 35.3 Å². The van der Waals surface area contributed by atoms with Crippen LogP contribution < -0.4 is 10.1 Å². The Morgan fingerprint density at radius 1 is 1.41 bits per heavy atom. The zero-order chi connectivity index (χ0) is 12.1. The number of nitrogens with one attached hydrogen (secondary N) is 1. The van der Waals surface area contributed by atoms with Gasteiger partial charge in [0.1, 0.15) is 10.8 Å². The van der Waals surface area contributed by atoms with Gasteiger partial charge in [0.25, 0.3) is 0 Å². The smallest absolute Gasteiger partial charge is 0.123 e.